The molecule has 0 spiro atoms. The van der Waals surface area contributed by atoms with Crippen LogP contribution in [0.5, 0.6) is 0 Å². The van der Waals surface area contributed by atoms with E-state index in [0.29, 0.717) is 18.2 Å². The van der Waals surface area contributed by atoms with Crippen molar-refractivity contribution >= 4 is 17.5 Å². The number of amides is 1. The van der Waals surface area contributed by atoms with Gasteiger partial charge in [-0.2, -0.15) is 13.2 Å². The van der Waals surface area contributed by atoms with Gasteiger partial charge in [0.2, 0.25) is 0 Å². The summed E-state index contributed by atoms with van der Waals surface area (Å²) >= 11 is 0. The first kappa shape index (κ1) is 19.5. The Bertz CT molecular complexity index is 777. The molecule has 2 N–H and O–H groups in total. The maximum Gasteiger partial charge on any atom is 0.417 e. The molecule has 0 aliphatic carbocycles. The van der Waals surface area contributed by atoms with Crippen molar-refractivity contribution in [3.8, 4) is 0 Å². The van der Waals surface area contributed by atoms with E-state index in [-0.39, 0.29) is 6.54 Å². The second kappa shape index (κ2) is 8.03. The lowest BCUT2D eigenvalue weighted by molar-refractivity contribution is -0.137. The van der Waals surface area contributed by atoms with E-state index in [2.05, 4.69) is 20.6 Å². The molecule has 0 aliphatic heterocycles. The molecule has 140 valence electrons. The van der Waals surface area contributed by atoms with Crippen LogP contribution in [-0.4, -0.2) is 43.1 Å². The van der Waals surface area contributed by atoms with Gasteiger partial charge in [0.15, 0.2) is 0 Å². The summed E-state index contributed by atoms with van der Waals surface area (Å²) in [5, 5.41) is 5.50. The highest BCUT2D eigenvalue weighted by Crippen LogP contribution is 2.31. The summed E-state index contributed by atoms with van der Waals surface area (Å²) in [6, 6.07) is 6.44. The minimum absolute atomic E-state index is 0.144. The van der Waals surface area contributed by atoms with E-state index in [9.17, 15) is 18.0 Å². The van der Waals surface area contributed by atoms with E-state index < -0.39 is 23.2 Å². The Hall–Kier alpha value is -2.84. The second-order valence-corrected chi connectivity index (χ2v) is 5.78. The number of aromatic nitrogens is 2. The monoisotopic (exact) mass is 367 g/mol. The molecular weight excluding hydrogens is 347 g/mol. The molecule has 0 bridgehead atoms. The van der Waals surface area contributed by atoms with Gasteiger partial charge < -0.3 is 15.5 Å². The van der Waals surface area contributed by atoms with Gasteiger partial charge in [-0.05, 0) is 19.1 Å². The van der Waals surface area contributed by atoms with E-state index in [1.54, 1.807) is 13.0 Å². The number of anilines is 2. The van der Waals surface area contributed by atoms with Gasteiger partial charge in [-0.15, -0.1) is 0 Å². The number of carbonyl (C=O) groups is 1. The van der Waals surface area contributed by atoms with Crippen LogP contribution in [0.4, 0.5) is 24.8 Å². The summed E-state index contributed by atoms with van der Waals surface area (Å²) in [7, 11) is 3.70. The summed E-state index contributed by atoms with van der Waals surface area (Å²) in [6.07, 6.45) is -4.58. The molecule has 0 atom stereocenters. The second-order valence-electron chi connectivity index (χ2n) is 5.78. The first-order valence-corrected chi connectivity index (χ1v) is 7.90. The fraction of sp³-hybridized carbons (Fsp3) is 0.353. The molecule has 0 saturated heterocycles. The van der Waals surface area contributed by atoms with Crippen molar-refractivity contribution in [3.63, 3.8) is 0 Å². The van der Waals surface area contributed by atoms with E-state index in [0.717, 1.165) is 18.0 Å². The normalized spacial score (nSPS) is 11.2. The fourth-order valence-electron chi connectivity index (χ4n) is 2.26. The lowest BCUT2D eigenvalue weighted by Gasteiger charge is -2.15. The molecule has 1 aromatic heterocycles. The van der Waals surface area contributed by atoms with Crippen molar-refractivity contribution in [1.82, 2.24) is 15.3 Å². The van der Waals surface area contributed by atoms with Crippen LogP contribution < -0.4 is 15.5 Å². The zero-order chi connectivity index (χ0) is 19.3. The number of alkyl halides is 3. The SMILES string of the molecule is Cc1nc(NCCNC(=O)c2ccccc2C(F)(F)F)cc(N(C)C)n1. The smallest absolute Gasteiger partial charge is 0.368 e. The zero-order valence-corrected chi connectivity index (χ0v) is 14.7. The summed E-state index contributed by atoms with van der Waals surface area (Å²) < 4.78 is 38.8. The third-order valence-electron chi connectivity index (χ3n) is 3.48. The molecule has 9 heteroatoms. The number of halogens is 3. The van der Waals surface area contributed by atoms with Crippen LogP contribution in [0.1, 0.15) is 21.7 Å². The molecule has 1 amide bonds. The molecule has 2 aromatic rings. The van der Waals surface area contributed by atoms with Crippen LogP contribution in [0.25, 0.3) is 0 Å². The first-order chi connectivity index (χ1) is 12.2. The molecular formula is C17H20F3N5O. The molecule has 0 unspecified atom stereocenters. The number of benzene rings is 1. The Labute approximate surface area is 149 Å². The van der Waals surface area contributed by atoms with Gasteiger partial charge >= 0.3 is 6.18 Å². The Morgan fingerprint density at radius 2 is 1.85 bits per heavy atom. The minimum atomic E-state index is -4.58. The number of hydrogen-bond acceptors (Lipinski definition) is 5. The highest BCUT2D eigenvalue weighted by Gasteiger charge is 2.34. The lowest BCUT2D eigenvalue weighted by atomic mass is 10.1. The molecule has 1 heterocycles. The summed E-state index contributed by atoms with van der Waals surface area (Å²) in [5.41, 5.74) is -1.35. The maximum atomic E-state index is 12.9. The molecule has 6 nitrogen and oxygen atoms in total. The van der Waals surface area contributed by atoms with Crippen LogP contribution in [0.3, 0.4) is 0 Å². The number of rotatable bonds is 6. The van der Waals surface area contributed by atoms with Crippen molar-refractivity contribution in [2.75, 3.05) is 37.4 Å². The van der Waals surface area contributed by atoms with Crippen LogP contribution in [-0.2, 0) is 6.18 Å². The molecule has 0 aliphatic rings. The standard InChI is InChI=1S/C17H20F3N5O/c1-11-23-14(10-15(24-11)25(2)3)21-8-9-22-16(26)12-6-4-5-7-13(12)17(18,19)20/h4-7,10H,8-9H2,1-3H3,(H,22,26)(H,21,23,24). The molecule has 2 rings (SSSR count). The molecule has 0 saturated carbocycles. The number of carbonyl (C=O) groups excluding carboxylic acids is 1. The molecule has 26 heavy (non-hydrogen) atoms. The molecule has 1 aromatic carbocycles. The zero-order valence-electron chi connectivity index (χ0n) is 14.7. The summed E-state index contributed by atoms with van der Waals surface area (Å²) in [5.74, 6) is 1.11. The first-order valence-electron chi connectivity index (χ1n) is 7.90. The van der Waals surface area contributed by atoms with Gasteiger partial charge in [0.1, 0.15) is 17.5 Å². The predicted octanol–water partition coefficient (Wildman–Crippen LogP) is 2.71. The van der Waals surface area contributed by atoms with Gasteiger partial charge in [0.25, 0.3) is 5.91 Å². The number of nitrogens with one attached hydrogen (secondary N) is 2. The third kappa shape index (κ3) is 5.08. The van der Waals surface area contributed by atoms with Gasteiger partial charge in [-0.25, -0.2) is 9.97 Å². The molecule has 0 radical (unpaired) electrons. The largest absolute Gasteiger partial charge is 0.417 e. The average Bonchev–Trinajstić information content (AvgIpc) is 2.57. The minimum Gasteiger partial charge on any atom is -0.368 e. The highest BCUT2D eigenvalue weighted by molar-refractivity contribution is 5.95. The highest BCUT2D eigenvalue weighted by atomic mass is 19.4. The van der Waals surface area contributed by atoms with E-state index in [4.69, 9.17) is 0 Å². The third-order valence-corrected chi connectivity index (χ3v) is 3.48. The summed E-state index contributed by atoms with van der Waals surface area (Å²) in [6.45, 7) is 2.21. The van der Waals surface area contributed by atoms with Crippen LogP contribution in [0.15, 0.2) is 30.3 Å². The topological polar surface area (TPSA) is 70.2 Å². The van der Waals surface area contributed by atoms with Crippen LogP contribution >= 0.6 is 0 Å². The Morgan fingerprint density at radius 1 is 1.15 bits per heavy atom. The maximum absolute atomic E-state index is 12.9. The van der Waals surface area contributed by atoms with E-state index in [1.807, 2.05) is 19.0 Å². The van der Waals surface area contributed by atoms with E-state index in [1.165, 1.54) is 12.1 Å². The number of nitrogens with zero attached hydrogens (tertiary/aromatic N) is 3. The fourth-order valence-corrected chi connectivity index (χ4v) is 2.26. The Morgan fingerprint density at radius 3 is 2.50 bits per heavy atom. The van der Waals surface area contributed by atoms with Crippen molar-refractivity contribution < 1.29 is 18.0 Å². The lowest BCUT2D eigenvalue weighted by Crippen LogP contribution is -2.30. The Balaban J connectivity index is 1.94. The number of hydrogen-bond donors (Lipinski definition) is 2. The van der Waals surface area contributed by atoms with Crippen molar-refractivity contribution in [2.45, 2.75) is 13.1 Å². The van der Waals surface area contributed by atoms with Gasteiger partial charge in [0.05, 0.1) is 11.1 Å². The average molecular weight is 367 g/mol. The summed E-state index contributed by atoms with van der Waals surface area (Å²) in [4.78, 5) is 22.4. The quantitative estimate of drug-likeness (QED) is 0.769. The predicted molar refractivity (Wildman–Crippen MR) is 93.4 cm³/mol. The van der Waals surface area contributed by atoms with Crippen LogP contribution in [0.2, 0.25) is 0 Å². The van der Waals surface area contributed by atoms with Crippen molar-refractivity contribution in [1.29, 1.82) is 0 Å². The Kier molecular flexibility index (Phi) is 6.01. The van der Waals surface area contributed by atoms with Gasteiger partial charge in [-0.1, -0.05) is 12.1 Å². The van der Waals surface area contributed by atoms with E-state index >= 15 is 0 Å². The van der Waals surface area contributed by atoms with Crippen molar-refractivity contribution in [2.24, 2.45) is 0 Å². The number of aryl methyl sites for hydroxylation is 1. The molecule has 0 fully saturated rings. The van der Waals surface area contributed by atoms with Gasteiger partial charge in [-0.3, -0.25) is 4.79 Å². The van der Waals surface area contributed by atoms with Crippen molar-refractivity contribution in [3.05, 3.63) is 47.3 Å². The van der Waals surface area contributed by atoms with Gasteiger partial charge in [0, 0.05) is 33.3 Å². The van der Waals surface area contributed by atoms with Crippen LogP contribution in [0, 0.1) is 6.92 Å².